The van der Waals surface area contributed by atoms with Crippen molar-refractivity contribution in [2.45, 2.75) is 0 Å². The molecule has 2 rings (SSSR count). The van der Waals surface area contributed by atoms with Crippen LogP contribution in [0.1, 0.15) is 11.1 Å². The molecule has 0 saturated carbocycles. The summed E-state index contributed by atoms with van der Waals surface area (Å²) >= 11 is 0. The molecule has 2 aromatic carbocycles. The number of hydrogen-bond acceptors (Lipinski definition) is 2. The van der Waals surface area contributed by atoms with E-state index in [2.05, 4.69) is 10.2 Å². The topological polar surface area (TPSA) is 24.7 Å². The van der Waals surface area contributed by atoms with Crippen LogP contribution in [0.2, 0.25) is 0 Å². The van der Waals surface area contributed by atoms with E-state index in [-0.39, 0.29) is 0 Å². The molecule has 98 valence electrons. The van der Waals surface area contributed by atoms with Gasteiger partial charge in [-0.1, -0.05) is 72.8 Å². The molecule has 0 bridgehead atoms. The van der Waals surface area contributed by atoms with E-state index in [1.165, 1.54) is 0 Å². The molecule has 2 heteroatoms. The van der Waals surface area contributed by atoms with E-state index in [0.717, 1.165) is 11.1 Å². The van der Waals surface area contributed by atoms with Gasteiger partial charge in [-0.2, -0.15) is 10.2 Å². The van der Waals surface area contributed by atoms with Gasteiger partial charge in [0, 0.05) is 12.4 Å². The summed E-state index contributed by atoms with van der Waals surface area (Å²) in [5, 5.41) is 7.85. The summed E-state index contributed by atoms with van der Waals surface area (Å²) in [6.45, 7) is 0. The maximum atomic E-state index is 3.92. The summed E-state index contributed by atoms with van der Waals surface area (Å²) in [7, 11) is 0. The summed E-state index contributed by atoms with van der Waals surface area (Å²) in [4.78, 5) is 0. The Balaban J connectivity index is 1.77. The van der Waals surface area contributed by atoms with Gasteiger partial charge in [0.05, 0.1) is 0 Å². The Morgan fingerprint density at radius 3 is 1.35 bits per heavy atom. The van der Waals surface area contributed by atoms with Gasteiger partial charge in [-0.15, -0.1) is 0 Å². The van der Waals surface area contributed by atoms with Gasteiger partial charge in [-0.25, -0.2) is 0 Å². The van der Waals surface area contributed by atoms with Crippen LogP contribution >= 0.6 is 0 Å². The Kier molecular flexibility index (Phi) is 5.73. The number of rotatable bonds is 5. The van der Waals surface area contributed by atoms with Gasteiger partial charge < -0.3 is 0 Å². The van der Waals surface area contributed by atoms with Gasteiger partial charge in [0.1, 0.15) is 0 Å². The summed E-state index contributed by atoms with van der Waals surface area (Å²) in [6.07, 6.45) is 11.0. The summed E-state index contributed by atoms with van der Waals surface area (Å²) < 4.78 is 0. The molecule has 0 unspecified atom stereocenters. The predicted molar refractivity (Wildman–Crippen MR) is 87.9 cm³/mol. The fraction of sp³-hybridized carbons (Fsp3) is 0. The average molecular weight is 260 g/mol. The van der Waals surface area contributed by atoms with Crippen LogP contribution in [0.15, 0.2) is 83.0 Å². The van der Waals surface area contributed by atoms with E-state index in [9.17, 15) is 0 Å². The third kappa shape index (κ3) is 5.27. The number of allylic oxidation sites excluding steroid dienone is 2. The van der Waals surface area contributed by atoms with Crippen LogP contribution in [0, 0.1) is 0 Å². The summed E-state index contributed by atoms with van der Waals surface area (Å²) in [5.41, 5.74) is 2.29. The van der Waals surface area contributed by atoms with Crippen molar-refractivity contribution in [3.63, 3.8) is 0 Å². The lowest BCUT2D eigenvalue weighted by atomic mass is 10.2. The fourth-order valence-corrected chi connectivity index (χ4v) is 1.59. The summed E-state index contributed by atoms with van der Waals surface area (Å²) in [6, 6.07) is 20.2. The second-order valence-electron chi connectivity index (χ2n) is 4.07. The van der Waals surface area contributed by atoms with Crippen LogP contribution in [0.25, 0.3) is 12.2 Å². The van der Waals surface area contributed by atoms with E-state index < -0.39 is 0 Å². The maximum absolute atomic E-state index is 3.92. The normalized spacial score (nSPS) is 12.2. The Morgan fingerprint density at radius 2 is 0.950 bits per heavy atom. The lowest BCUT2D eigenvalue weighted by Gasteiger charge is -1.88. The monoisotopic (exact) mass is 260 g/mol. The van der Waals surface area contributed by atoms with E-state index >= 15 is 0 Å². The van der Waals surface area contributed by atoms with Crippen LogP contribution in [0.4, 0.5) is 0 Å². The van der Waals surface area contributed by atoms with Crippen molar-refractivity contribution in [2.24, 2.45) is 10.2 Å². The van der Waals surface area contributed by atoms with E-state index in [0.29, 0.717) is 0 Å². The van der Waals surface area contributed by atoms with Crippen molar-refractivity contribution < 1.29 is 0 Å². The maximum Gasteiger partial charge on any atom is 0.0495 e. The van der Waals surface area contributed by atoms with E-state index in [4.69, 9.17) is 0 Å². The van der Waals surface area contributed by atoms with E-state index in [1.807, 2.05) is 85.0 Å². The highest BCUT2D eigenvalue weighted by Gasteiger charge is 1.80. The third-order valence-corrected chi connectivity index (χ3v) is 2.55. The molecule has 0 radical (unpaired) electrons. The number of benzene rings is 2. The van der Waals surface area contributed by atoms with Gasteiger partial charge in [0.15, 0.2) is 0 Å². The highest BCUT2D eigenvalue weighted by atomic mass is 15.2. The third-order valence-electron chi connectivity index (χ3n) is 2.55. The first kappa shape index (κ1) is 13.7. The zero-order valence-electron chi connectivity index (χ0n) is 11.1. The highest BCUT2D eigenvalue weighted by Crippen LogP contribution is 2.00. The minimum Gasteiger partial charge on any atom is -0.159 e. The van der Waals surface area contributed by atoms with Crippen molar-refractivity contribution in [1.29, 1.82) is 0 Å². The first-order chi connectivity index (χ1) is 9.95. The van der Waals surface area contributed by atoms with Crippen molar-refractivity contribution in [3.8, 4) is 0 Å². The molecule has 2 aromatic rings. The lowest BCUT2D eigenvalue weighted by molar-refractivity contribution is 1.27. The van der Waals surface area contributed by atoms with Gasteiger partial charge in [0.25, 0.3) is 0 Å². The zero-order valence-corrected chi connectivity index (χ0v) is 11.1. The number of nitrogens with zero attached hydrogens (tertiary/aromatic N) is 2. The molecule has 0 saturated heterocycles. The molecular weight excluding hydrogens is 244 g/mol. The zero-order chi connectivity index (χ0) is 13.9. The molecule has 0 aliphatic heterocycles. The SMILES string of the molecule is C(/C=C\c1ccccc1)=NN=C/C=C\c1ccccc1. The molecule has 0 aliphatic carbocycles. The Hall–Kier alpha value is -2.74. The first-order valence-electron chi connectivity index (χ1n) is 6.45. The first-order valence-corrected chi connectivity index (χ1v) is 6.45. The molecule has 0 amide bonds. The molecule has 0 spiro atoms. The second-order valence-corrected chi connectivity index (χ2v) is 4.07. The highest BCUT2D eigenvalue weighted by molar-refractivity contribution is 5.81. The molecule has 2 nitrogen and oxygen atoms in total. The van der Waals surface area contributed by atoms with Crippen molar-refractivity contribution in [3.05, 3.63) is 83.9 Å². The lowest BCUT2D eigenvalue weighted by Crippen LogP contribution is -1.70. The molecule has 0 atom stereocenters. The number of hydrogen-bond donors (Lipinski definition) is 0. The van der Waals surface area contributed by atoms with Crippen molar-refractivity contribution >= 4 is 24.6 Å². The summed E-state index contributed by atoms with van der Waals surface area (Å²) in [5.74, 6) is 0. The minimum atomic E-state index is 1.15. The van der Waals surface area contributed by atoms with Crippen LogP contribution in [-0.2, 0) is 0 Å². The van der Waals surface area contributed by atoms with Crippen LogP contribution in [0.3, 0.4) is 0 Å². The molecular formula is C18H16N2. The molecule has 0 heterocycles. The Bertz CT molecular complexity index is 551. The van der Waals surface area contributed by atoms with Crippen molar-refractivity contribution in [2.75, 3.05) is 0 Å². The largest absolute Gasteiger partial charge is 0.159 e. The van der Waals surface area contributed by atoms with Gasteiger partial charge in [-0.05, 0) is 23.3 Å². The van der Waals surface area contributed by atoms with Gasteiger partial charge in [0.2, 0.25) is 0 Å². The fourth-order valence-electron chi connectivity index (χ4n) is 1.59. The van der Waals surface area contributed by atoms with Crippen molar-refractivity contribution in [1.82, 2.24) is 0 Å². The minimum absolute atomic E-state index is 1.15. The second kappa shape index (κ2) is 8.38. The smallest absolute Gasteiger partial charge is 0.0495 e. The van der Waals surface area contributed by atoms with Crippen LogP contribution in [0.5, 0.6) is 0 Å². The Morgan fingerprint density at radius 1 is 0.550 bits per heavy atom. The molecule has 20 heavy (non-hydrogen) atoms. The standard InChI is InChI=1S/C18H16N2/c1-3-9-17(10-4-1)13-7-15-19-20-16-8-14-18-11-5-2-6-12-18/h1-16H/b13-7-,14-8-,19-15?,20-16?. The quantitative estimate of drug-likeness (QED) is 0.559. The molecule has 0 aliphatic rings. The van der Waals surface area contributed by atoms with Crippen LogP contribution < -0.4 is 0 Å². The van der Waals surface area contributed by atoms with Gasteiger partial charge >= 0.3 is 0 Å². The molecule has 0 fully saturated rings. The predicted octanol–water partition coefficient (Wildman–Crippen LogP) is 4.47. The van der Waals surface area contributed by atoms with E-state index in [1.54, 1.807) is 12.4 Å². The molecule has 0 aromatic heterocycles. The van der Waals surface area contributed by atoms with Crippen LogP contribution in [-0.4, -0.2) is 12.4 Å². The van der Waals surface area contributed by atoms with Gasteiger partial charge in [-0.3, -0.25) is 0 Å². The molecule has 0 N–H and O–H groups in total. The Labute approximate surface area is 119 Å². The average Bonchev–Trinajstić information content (AvgIpc) is 2.52.